The van der Waals surface area contributed by atoms with Gasteiger partial charge in [0.1, 0.15) is 5.69 Å². The maximum Gasteiger partial charge on any atom is 0.339 e. The molecule has 2 aromatic rings. The van der Waals surface area contributed by atoms with Crippen molar-refractivity contribution in [3.05, 3.63) is 59.4 Å². The SMILES string of the molecule is COC(=O)c1ccc(C(=O)Nc2ccc(CC#N)cc2)nc1. The summed E-state index contributed by atoms with van der Waals surface area (Å²) >= 11 is 0. The number of rotatable bonds is 4. The molecule has 1 N–H and O–H groups in total. The van der Waals surface area contributed by atoms with E-state index in [4.69, 9.17) is 5.26 Å². The largest absolute Gasteiger partial charge is 0.465 e. The van der Waals surface area contributed by atoms with E-state index in [1.54, 1.807) is 24.3 Å². The van der Waals surface area contributed by atoms with Crippen LogP contribution in [0.2, 0.25) is 0 Å². The summed E-state index contributed by atoms with van der Waals surface area (Å²) in [5.74, 6) is -0.892. The van der Waals surface area contributed by atoms with Crippen LogP contribution in [-0.2, 0) is 11.2 Å². The van der Waals surface area contributed by atoms with Gasteiger partial charge < -0.3 is 10.1 Å². The zero-order valence-corrected chi connectivity index (χ0v) is 11.9. The Labute approximate surface area is 127 Å². The number of nitriles is 1. The van der Waals surface area contributed by atoms with Gasteiger partial charge in [0.2, 0.25) is 0 Å². The summed E-state index contributed by atoms with van der Waals surface area (Å²) in [4.78, 5) is 27.3. The first kappa shape index (κ1) is 15.2. The van der Waals surface area contributed by atoms with Crippen molar-refractivity contribution in [3.8, 4) is 6.07 Å². The number of hydrogen-bond donors (Lipinski definition) is 1. The fourth-order valence-electron chi connectivity index (χ4n) is 1.76. The van der Waals surface area contributed by atoms with E-state index in [0.29, 0.717) is 12.1 Å². The second-order valence-corrected chi connectivity index (χ2v) is 4.41. The number of nitrogens with one attached hydrogen (secondary N) is 1. The normalized spacial score (nSPS) is 9.64. The minimum atomic E-state index is -0.507. The number of carbonyl (C=O) groups is 2. The summed E-state index contributed by atoms with van der Waals surface area (Å²) in [6.07, 6.45) is 1.61. The summed E-state index contributed by atoms with van der Waals surface area (Å²) in [6, 6.07) is 12.0. The van der Waals surface area contributed by atoms with Gasteiger partial charge in [-0.25, -0.2) is 4.79 Å². The molecule has 1 aromatic heterocycles. The molecule has 22 heavy (non-hydrogen) atoms. The molecule has 0 spiro atoms. The third kappa shape index (κ3) is 3.67. The van der Waals surface area contributed by atoms with Crippen molar-refractivity contribution >= 4 is 17.6 Å². The molecule has 0 fully saturated rings. The Morgan fingerprint density at radius 3 is 2.50 bits per heavy atom. The number of hydrogen-bond acceptors (Lipinski definition) is 5. The minimum Gasteiger partial charge on any atom is -0.465 e. The number of esters is 1. The molecule has 0 saturated heterocycles. The highest BCUT2D eigenvalue weighted by atomic mass is 16.5. The lowest BCUT2D eigenvalue weighted by Crippen LogP contribution is -2.14. The molecule has 2 rings (SSSR count). The highest BCUT2D eigenvalue weighted by molar-refractivity contribution is 6.03. The van der Waals surface area contributed by atoms with Gasteiger partial charge in [-0.1, -0.05) is 12.1 Å². The van der Waals surface area contributed by atoms with Gasteiger partial charge in [-0.2, -0.15) is 5.26 Å². The average molecular weight is 295 g/mol. The lowest BCUT2D eigenvalue weighted by Gasteiger charge is -2.06. The van der Waals surface area contributed by atoms with Crippen LogP contribution >= 0.6 is 0 Å². The molecule has 6 nitrogen and oxygen atoms in total. The predicted molar refractivity (Wildman–Crippen MR) is 79.3 cm³/mol. The molecule has 1 amide bonds. The first-order chi connectivity index (χ1) is 10.6. The smallest absolute Gasteiger partial charge is 0.339 e. The molecular weight excluding hydrogens is 282 g/mol. The first-order valence-electron chi connectivity index (χ1n) is 6.45. The Kier molecular flexibility index (Phi) is 4.83. The van der Waals surface area contributed by atoms with Gasteiger partial charge >= 0.3 is 5.97 Å². The van der Waals surface area contributed by atoms with Crippen LogP contribution in [0.15, 0.2) is 42.6 Å². The minimum absolute atomic E-state index is 0.189. The molecule has 1 heterocycles. The van der Waals surface area contributed by atoms with Crippen LogP contribution in [0, 0.1) is 11.3 Å². The van der Waals surface area contributed by atoms with Gasteiger partial charge in [0.25, 0.3) is 5.91 Å². The zero-order chi connectivity index (χ0) is 15.9. The molecule has 1 aromatic carbocycles. The number of pyridine rings is 1. The number of anilines is 1. The van der Waals surface area contributed by atoms with Crippen molar-refractivity contribution < 1.29 is 14.3 Å². The topological polar surface area (TPSA) is 92.1 Å². The van der Waals surface area contributed by atoms with Crippen LogP contribution in [0.25, 0.3) is 0 Å². The lowest BCUT2D eigenvalue weighted by molar-refractivity contribution is 0.0600. The van der Waals surface area contributed by atoms with Crippen molar-refractivity contribution in [2.24, 2.45) is 0 Å². The standard InChI is InChI=1S/C16H13N3O3/c1-22-16(21)12-4-7-14(18-10-12)15(20)19-13-5-2-11(3-6-13)8-9-17/h2-7,10H,8H2,1H3,(H,19,20). The van der Waals surface area contributed by atoms with Gasteiger partial charge in [-0.3, -0.25) is 9.78 Å². The third-order valence-electron chi connectivity index (χ3n) is 2.91. The third-order valence-corrected chi connectivity index (χ3v) is 2.91. The summed E-state index contributed by atoms with van der Waals surface area (Å²) in [5.41, 5.74) is 1.94. The number of methoxy groups -OCH3 is 1. The van der Waals surface area contributed by atoms with Crippen LogP contribution in [-0.4, -0.2) is 24.0 Å². The number of carbonyl (C=O) groups excluding carboxylic acids is 2. The lowest BCUT2D eigenvalue weighted by atomic mass is 10.1. The second-order valence-electron chi connectivity index (χ2n) is 4.41. The molecular formula is C16H13N3O3. The quantitative estimate of drug-likeness (QED) is 0.873. The van der Waals surface area contributed by atoms with Crippen molar-refractivity contribution in [1.82, 2.24) is 4.98 Å². The second kappa shape index (κ2) is 6.99. The monoisotopic (exact) mass is 295 g/mol. The Morgan fingerprint density at radius 1 is 1.23 bits per heavy atom. The molecule has 110 valence electrons. The van der Waals surface area contributed by atoms with E-state index in [0.717, 1.165) is 5.56 Å². The van der Waals surface area contributed by atoms with E-state index >= 15 is 0 Å². The Hall–Kier alpha value is -3.20. The van der Waals surface area contributed by atoms with Gasteiger partial charge in [0, 0.05) is 11.9 Å². The molecule has 0 aliphatic rings. The zero-order valence-electron chi connectivity index (χ0n) is 11.9. The van der Waals surface area contributed by atoms with Gasteiger partial charge in [0.05, 0.1) is 25.2 Å². The molecule has 0 aliphatic heterocycles. The first-order valence-corrected chi connectivity index (χ1v) is 6.45. The molecule has 0 radical (unpaired) electrons. The van der Waals surface area contributed by atoms with Gasteiger partial charge in [-0.05, 0) is 29.8 Å². The summed E-state index contributed by atoms with van der Waals surface area (Å²) in [5, 5.41) is 11.3. The van der Waals surface area contributed by atoms with Crippen LogP contribution < -0.4 is 5.32 Å². The number of amides is 1. The number of ether oxygens (including phenoxy) is 1. The summed E-state index contributed by atoms with van der Waals surface area (Å²) < 4.78 is 4.56. The van der Waals surface area contributed by atoms with E-state index in [1.807, 2.05) is 0 Å². The van der Waals surface area contributed by atoms with E-state index in [9.17, 15) is 9.59 Å². The molecule has 0 saturated carbocycles. The Bertz CT molecular complexity index is 716. The van der Waals surface area contributed by atoms with Crippen molar-refractivity contribution in [1.29, 1.82) is 5.26 Å². The maximum atomic E-state index is 12.0. The molecule has 0 unspecified atom stereocenters. The van der Waals surface area contributed by atoms with Crippen molar-refractivity contribution in [2.75, 3.05) is 12.4 Å². The summed E-state index contributed by atoms with van der Waals surface area (Å²) in [6.45, 7) is 0. The van der Waals surface area contributed by atoms with Gasteiger partial charge in [0.15, 0.2) is 0 Å². The number of nitrogens with zero attached hydrogens (tertiary/aromatic N) is 2. The fraction of sp³-hybridized carbons (Fsp3) is 0.125. The predicted octanol–water partition coefficient (Wildman–Crippen LogP) is 2.19. The summed E-state index contributed by atoms with van der Waals surface area (Å²) in [7, 11) is 1.28. The molecule has 0 atom stereocenters. The fourth-order valence-corrected chi connectivity index (χ4v) is 1.76. The average Bonchev–Trinajstić information content (AvgIpc) is 2.56. The van der Waals surface area contributed by atoms with Crippen LogP contribution in [0.4, 0.5) is 5.69 Å². The van der Waals surface area contributed by atoms with Crippen LogP contribution in [0.3, 0.4) is 0 Å². The highest BCUT2D eigenvalue weighted by Gasteiger charge is 2.10. The Balaban J connectivity index is 2.05. The number of benzene rings is 1. The van der Waals surface area contributed by atoms with E-state index < -0.39 is 5.97 Å². The highest BCUT2D eigenvalue weighted by Crippen LogP contribution is 2.11. The number of aromatic nitrogens is 1. The maximum absolute atomic E-state index is 12.0. The van der Waals surface area contributed by atoms with E-state index in [2.05, 4.69) is 21.1 Å². The molecule has 0 aliphatic carbocycles. The van der Waals surface area contributed by atoms with E-state index in [-0.39, 0.29) is 17.2 Å². The van der Waals surface area contributed by atoms with Crippen molar-refractivity contribution in [2.45, 2.75) is 6.42 Å². The van der Waals surface area contributed by atoms with Crippen LogP contribution in [0.5, 0.6) is 0 Å². The Morgan fingerprint density at radius 2 is 1.95 bits per heavy atom. The molecule has 0 bridgehead atoms. The van der Waals surface area contributed by atoms with Gasteiger partial charge in [-0.15, -0.1) is 0 Å². The van der Waals surface area contributed by atoms with E-state index in [1.165, 1.54) is 25.4 Å². The van der Waals surface area contributed by atoms with Crippen molar-refractivity contribution in [3.63, 3.8) is 0 Å². The molecule has 6 heteroatoms. The van der Waals surface area contributed by atoms with Crippen LogP contribution in [0.1, 0.15) is 26.4 Å².